The van der Waals surface area contributed by atoms with Crippen LogP contribution in [0.4, 0.5) is 0 Å². The van der Waals surface area contributed by atoms with E-state index in [4.69, 9.17) is 4.74 Å². The molecule has 0 atom stereocenters. The van der Waals surface area contributed by atoms with Crippen molar-refractivity contribution in [2.75, 3.05) is 19.6 Å². The number of ether oxygens (including phenoxy) is 1. The number of hydrogen-bond donors (Lipinski definition) is 2. The van der Waals surface area contributed by atoms with E-state index in [2.05, 4.69) is 17.0 Å². The molecule has 114 valence electrons. The predicted octanol–water partition coefficient (Wildman–Crippen LogP) is 1.75. The molecule has 6 heteroatoms. The highest BCUT2D eigenvalue weighted by atomic mass is 32.2. The lowest BCUT2D eigenvalue weighted by atomic mass is 10.3. The summed E-state index contributed by atoms with van der Waals surface area (Å²) in [6, 6.07) is 6.45. The van der Waals surface area contributed by atoms with Crippen LogP contribution in [0.1, 0.15) is 27.2 Å². The normalized spacial score (nSPS) is 11.8. The first-order chi connectivity index (χ1) is 9.45. The first-order valence-electron chi connectivity index (χ1n) is 6.93. The summed E-state index contributed by atoms with van der Waals surface area (Å²) < 4.78 is 32.1. The summed E-state index contributed by atoms with van der Waals surface area (Å²) in [5, 5.41) is 3.14. The van der Waals surface area contributed by atoms with Gasteiger partial charge in [-0.3, -0.25) is 0 Å². The van der Waals surface area contributed by atoms with Crippen LogP contribution in [-0.2, 0) is 10.0 Å². The zero-order valence-corrected chi connectivity index (χ0v) is 13.2. The summed E-state index contributed by atoms with van der Waals surface area (Å²) in [4.78, 5) is 0.254. The number of hydrogen-bond acceptors (Lipinski definition) is 4. The Balaban J connectivity index is 2.54. The molecule has 0 radical (unpaired) electrons. The van der Waals surface area contributed by atoms with Crippen molar-refractivity contribution in [3.63, 3.8) is 0 Å². The first-order valence-corrected chi connectivity index (χ1v) is 8.41. The van der Waals surface area contributed by atoms with Gasteiger partial charge in [0.1, 0.15) is 5.75 Å². The topological polar surface area (TPSA) is 67.4 Å². The van der Waals surface area contributed by atoms with E-state index in [9.17, 15) is 8.42 Å². The highest BCUT2D eigenvalue weighted by Crippen LogP contribution is 2.16. The van der Waals surface area contributed by atoms with Crippen molar-refractivity contribution >= 4 is 10.0 Å². The number of rotatable bonds is 9. The highest BCUT2D eigenvalue weighted by Gasteiger charge is 2.13. The van der Waals surface area contributed by atoms with Crippen LogP contribution in [0.25, 0.3) is 0 Å². The van der Waals surface area contributed by atoms with Crippen molar-refractivity contribution in [2.45, 2.75) is 38.2 Å². The first kappa shape index (κ1) is 16.9. The molecule has 0 aromatic heterocycles. The quantitative estimate of drug-likeness (QED) is 0.682. The van der Waals surface area contributed by atoms with Gasteiger partial charge in [0, 0.05) is 13.1 Å². The van der Waals surface area contributed by atoms with Gasteiger partial charge in [0.05, 0.1) is 11.0 Å². The highest BCUT2D eigenvalue weighted by molar-refractivity contribution is 7.89. The Morgan fingerprint density at radius 2 is 1.75 bits per heavy atom. The Hall–Kier alpha value is -1.11. The molecule has 0 aliphatic carbocycles. The molecule has 1 aromatic rings. The van der Waals surface area contributed by atoms with Gasteiger partial charge in [-0.25, -0.2) is 13.1 Å². The average Bonchev–Trinajstić information content (AvgIpc) is 2.38. The van der Waals surface area contributed by atoms with E-state index in [0.29, 0.717) is 18.8 Å². The van der Waals surface area contributed by atoms with Crippen LogP contribution < -0.4 is 14.8 Å². The lowest BCUT2D eigenvalue weighted by molar-refractivity contribution is 0.242. The fourth-order valence-corrected chi connectivity index (χ4v) is 2.66. The van der Waals surface area contributed by atoms with Crippen LogP contribution in [0.5, 0.6) is 5.75 Å². The number of nitrogens with one attached hydrogen (secondary N) is 2. The number of benzene rings is 1. The van der Waals surface area contributed by atoms with Gasteiger partial charge >= 0.3 is 0 Å². The SMILES string of the molecule is CCCNCCNS(=O)(=O)c1ccc(OC(C)C)cc1. The minimum absolute atomic E-state index is 0.0697. The maximum absolute atomic E-state index is 12.0. The molecule has 5 nitrogen and oxygen atoms in total. The second-order valence-electron chi connectivity index (χ2n) is 4.79. The molecule has 0 saturated carbocycles. The van der Waals surface area contributed by atoms with Gasteiger partial charge in [0.25, 0.3) is 0 Å². The van der Waals surface area contributed by atoms with Crippen LogP contribution in [0, 0.1) is 0 Å². The second-order valence-corrected chi connectivity index (χ2v) is 6.55. The fourth-order valence-electron chi connectivity index (χ4n) is 1.63. The van der Waals surface area contributed by atoms with Crippen LogP contribution >= 0.6 is 0 Å². The minimum atomic E-state index is -3.44. The van der Waals surface area contributed by atoms with Gasteiger partial charge in [-0.05, 0) is 51.1 Å². The Labute approximate surface area is 121 Å². The summed E-state index contributed by atoms with van der Waals surface area (Å²) in [6.45, 7) is 7.82. The van der Waals surface area contributed by atoms with Gasteiger partial charge in [-0.1, -0.05) is 6.92 Å². The molecule has 0 spiro atoms. The molecule has 0 aliphatic rings. The molecule has 0 amide bonds. The zero-order chi connectivity index (χ0) is 15.0. The van der Waals surface area contributed by atoms with Crippen LogP contribution in [0.3, 0.4) is 0 Å². The molecular formula is C14H24N2O3S. The molecule has 0 unspecified atom stereocenters. The maximum atomic E-state index is 12.0. The van der Waals surface area contributed by atoms with E-state index in [1.165, 1.54) is 0 Å². The molecule has 0 saturated heterocycles. The standard InChI is InChI=1S/C14H24N2O3S/c1-4-9-15-10-11-16-20(17,18)14-7-5-13(6-8-14)19-12(2)3/h5-8,12,15-16H,4,9-11H2,1-3H3. The molecule has 1 aromatic carbocycles. The third-order valence-corrected chi connectivity index (χ3v) is 4.00. The smallest absolute Gasteiger partial charge is 0.240 e. The lowest BCUT2D eigenvalue weighted by Crippen LogP contribution is -2.32. The Bertz CT molecular complexity index is 484. The van der Waals surface area contributed by atoms with E-state index < -0.39 is 10.0 Å². The Morgan fingerprint density at radius 3 is 2.30 bits per heavy atom. The summed E-state index contributed by atoms with van der Waals surface area (Å²) in [5.74, 6) is 0.670. The molecule has 20 heavy (non-hydrogen) atoms. The van der Waals surface area contributed by atoms with Gasteiger partial charge in [0.2, 0.25) is 10.0 Å². The van der Waals surface area contributed by atoms with Crippen molar-refractivity contribution in [3.05, 3.63) is 24.3 Å². The summed E-state index contributed by atoms with van der Waals surface area (Å²) in [6.07, 6.45) is 1.10. The molecule has 0 bridgehead atoms. The lowest BCUT2D eigenvalue weighted by Gasteiger charge is -2.11. The third kappa shape index (κ3) is 5.90. The summed E-state index contributed by atoms with van der Waals surface area (Å²) in [7, 11) is -3.44. The molecule has 0 fully saturated rings. The fraction of sp³-hybridized carbons (Fsp3) is 0.571. The van der Waals surface area contributed by atoms with Crippen molar-refractivity contribution < 1.29 is 13.2 Å². The molecule has 0 heterocycles. The maximum Gasteiger partial charge on any atom is 0.240 e. The molecule has 0 aliphatic heterocycles. The average molecular weight is 300 g/mol. The van der Waals surface area contributed by atoms with E-state index in [1.807, 2.05) is 13.8 Å². The predicted molar refractivity (Wildman–Crippen MR) is 80.6 cm³/mol. The van der Waals surface area contributed by atoms with Crippen LogP contribution in [0.15, 0.2) is 29.2 Å². The van der Waals surface area contributed by atoms with Crippen LogP contribution in [-0.4, -0.2) is 34.2 Å². The monoisotopic (exact) mass is 300 g/mol. The molecule has 2 N–H and O–H groups in total. The van der Waals surface area contributed by atoms with Gasteiger partial charge in [0.15, 0.2) is 0 Å². The number of sulfonamides is 1. The van der Waals surface area contributed by atoms with Crippen molar-refractivity contribution in [2.24, 2.45) is 0 Å². The van der Waals surface area contributed by atoms with E-state index in [1.54, 1.807) is 24.3 Å². The Kier molecular flexibility index (Phi) is 6.98. The summed E-state index contributed by atoms with van der Waals surface area (Å²) in [5.41, 5.74) is 0. The van der Waals surface area contributed by atoms with E-state index >= 15 is 0 Å². The second kappa shape index (κ2) is 8.24. The van der Waals surface area contributed by atoms with Crippen molar-refractivity contribution in [1.82, 2.24) is 10.0 Å². The largest absolute Gasteiger partial charge is 0.491 e. The molecule has 1 rings (SSSR count). The van der Waals surface area contributed by atoms with Crippen molar-refractivity contribution in [3.8, 4) is 5.75 Å². The van der Waals surface area contributed by atoms with E-state index in [0.717, 1.165) is 13.0 Å². The van der Waals surface area contributed by atoms with Crippen LogP contribution in [0.2, 0.25) is 0 Å². The summed E-state index contributed by atoms with van der Waals surface area (Å²) >= 11 is 0. The van der Waals surface area contributed by atoms with Gasteiger partial charge in [-0.2, -0.15) is 0 Å². The van der Waals surface area contributed by atoms with Crippen molar-refractivity contribution in [1.29, 1.82) is 0 Å². The zero-order valence-electron chi connectivity index (χ0n) is 12.3. The minimum Gasteiger partial charge on any atom is -0.491 e. The van der Waals surface area contributed by atoms with Gasteiger partial charge in [-0.15, -0.1) is 0 Å². The van der Waals surface area contributed by atoms with E-state index in [-0.39, 0.29) is 11.0 Å². The Morgan fingerprint density at radius 1 is 1.10 bits per heavy atom. The molecular weight excluding hydrogens is 276 g/mol. The van der Waals surface area contributed by atoms with Gasteiger partial charge < -0.3 is 10.1 Å². The third-order valence-electron chi connectivity index (χ3n) is 2.53.